The van der Waals surface area contributed by atoms with E-state index in [0.29, 0.717) is 42.6 Å². The van der Waals surface area contributed by atoms with Gasteiger partial charge in [0.2, 0.25) is 11.8 Å². The lowest BCUT2D eigenvalue weighted by Crippen LogP contribution is -2.53. The number of likely N-dealkylation sites (N-methyl/N-ethyl adjacent to an activating group) is 1. The van der Waals surface area contributed by atoms with Crippen LogP contribution in [0.3, 0.4) is 0 Å². The van der Waals surface area contributed by atoms with E-state index in [1.165, 1.54) is 18.3 Å². The normalized spacial score (nSPS) is 14.3. The summed E-state index contributed by atoms with van der Waals surface area (Å²) in [7, 11) is 2.04. The molecule has 3 aromatic rings. The van der Waals surface area contributed by atoms with E-state index in [1.807, 2.05) is 31.3 Å². The molecule has 0 spiro atoms. The monoisotopic (exact) mass is 605 g/mol. The van der Waals surface area contributed by atoms with E-state index in [2.05, 4.69) is 15.6 Å². The summed E-state index contributed by atoms with van der Waals surface area (Å²) in [6.07, 6.45) is -2.11. The van der Waals surface area contributed by atoms with Crippen LogP contribution in [-0.4, -0.2) is 73.1 Å². The van der Waals surface area contributed by atoms with Crippen LogP contribution in [-0.2, 0) is 28.4 Å². The Bertz CT molecular complexity index is 1330. The van der Waals surface area contributed by atoms with Gasteiger partial charge in [-0.25, -0.2) is 0 Å². The van der Waals surface area contributed by atoms with Gasteiger partial charge in [-0.1, -0.05) is 35.9 Å². The number of carbonyl (C=O) groups excluding carboxylic acids is 2. The first-order valence-electron chi connectivity index (χ1n) is 13.6. The van der Waals surface area contributed by atoms with Crippen molar-refractivity contribution in [1.82, 2.24) is 10.3 Å². The summed E-state index contributed by atoms with van der Waals surface area (Å²) in [5.41, 5.74) is 18.2. The number of aromatic nitrogens is 1. The minimum Gasteiger partial charge on any atom is -0.782 e. The molecular weight excluding hydrogens is 567 g/mol. The zero-order valence-electron chi connectivity index (χ0n) is 23.4. The molecule has 1 aromatic heterocycles. The lowest BCUT2D eigenvalue weighted by molar-refractivity contribution is -0.907. The SMILES string of the molecule is C[N+](CCN)(CCN)CCC[C@H](N)C(=O)N[C@H](C(=O)Nc1cnc2ccccc2c1)[C@H]([S-])c1ccc(C(F)(F)F)cc1. The van der Waals surface area contributed by atoms with E-state index in [0.717, 1.165) is 36.1 Å². The zero-order chi connectivity index (χ0) is 30.9. The molecule has 0 aliphatic carbocycles. The highest BCUT2D eigenvalue weighted by atomic mass is 32.1. The van der Waals surface area contributed by atoms with Crippen LogP contribution in [0.2, 0.25) is 0 Å². The molecular formula is C29H38F3N7O2S. The van der Waals surface area contributed by atoms with Crippen LogP contribution >= 0.6 is 0 Å². The standard InChI is InChI=1S/C29H38F3N7O2S/c1-39(15-12-33,16-13-34)14-4-6-23(35)27(40)38-25(26(42)19-8-10-21(11-9-19)29(30,31)32)28(41)37-22-17-20-5-2-3-7-24(20)36-18-22/h2-3,5,7-11,17-18,23,25-26H,4,6,12-16,33-35H2,1H3,(H2-,37,38,40,41,42)/t23-,25-,26+/m0/s1. The average molecular weight is 606 g/mol. The van der Waals surface area contributed by atoms with Crippen molar-refractivity contribution in [2.45, 2.75) is 36.4 Å². The molecule has 0 saturated carbocycles. The third kappa shape index (κ3) is 9.13. The Morgan fingerprint density at radius 1 is 1.00 bits per heavy atom. The number of hydrogen-bond acceptors (Lipinski definition) is 7. The first kappa shape index (κ1) is 33.3. The number of hydrogen-bond donors (Lipinski definition) is 5. The van der Waals surface area contributed by atoms with Crippen LogP contribution in [0.4, 0.5) is 18.9 Å². The van der Waals surface area contributed by atoms with Gasteiger partial charge in [0.1, 0.15) is 0 Å². The number of quaternary nitrogens is 1. The molecule has 0 aliphatic rings. The molecule has 42 heavy (non-hydrogen) atoms. The number of alkyl halides is 3. The molecule has 2 aromatic carbocycles. The maximum Gasteiger partial charge on any atom is 0.416 e. The quantitative estimate of drug-likeness (QED) is 0.140. The number of nitrogens with zero attached hydrogens (tertiary/aromatic N) is 2. The molecule has 0 fully saturated rings. The van der Waals surface area contributed by atoms with Gasteiger partial charge in [0.15, 0.2) is 0 Å². The third-order valence-electron chi connectivity index (χ3n) is 7.20. The number of rotatable bonds is 14. The predicted molar refractivity (Wildman–Crippen MR) is 160 cm³/mol. The summed E-state index contributed by atoms with van der Waals surface area (Å²) < 4.78 is 40.0. The van der Waals surface area contributed by atoms with Gasteiger partial charge in [-0.2, -0.15) is 13.2 Å². The smallest absolute Gasteiger partial charge is 0.416 e. The number of benzene rings is 2. The summed E-state index contributed by atoms with van der Waals surface area (Å²) >= 11 is 5.59. The minimum absolute atomic E-state index is 0.264. The van der Waals surface area contributed by atoms with Crippen molar-refractivity contribution < 1.29 is 27.2 Å². The van der Waals surface area contributed by atoms with E-state index in [4.69, 9.17) is 29.8 Å². The van der Waals surface area contributed by atoms with Crippen molar-refractivity contribution in [2.75, 3.05) is 45.1 Å². The third-order valence-corrected chi connectivity index (χ3v) is 7.74. The Hall–Kier alpha value is -3.23. The maximum absolute atomic E-state index is 13.5. The van der Waals surface area contributed by atoms with Crippen LogP contribution in [0.25, 0.3) is 10.9 Å². The largest absolute Gasteiger partial charge is 0.782 e. The van der Waals surface area contributed by atoms with E-state index in [1.54, 1.807) is 6.07 Å². The van der Waals surface area contributed by atoms with Gasteiger partial charge >= 0.3 is 6.18 Å². The van der Waals surface area contributed by atoms with Crippen molar-refractivity contribution in [3.05, 3.63) is 71.9 Å². The number of nitrogens with two attached hydrogens (primary N) is 3. The molecule has 0 bridgehead atoms. The second-order valence-electron chi connectivity index (χ2n) is 10.5. The van der Waals surface area contributed by atoms with Crippen LogP contribution < -0.4 is 27.8 Å². The molecule has 8 N–H and O–H groups in total. The molecule has 0 saturated heterocycles. The summed E-state index contributed by atoms with van der Waals surface area (Å²) in [5.74, 6) is -1.25. The van der Waals surface area contributed by atoms with Crippen molar-refractivity contribution in [2.24, 2.45) is 17.2 Å². The molecule has 2 amide bonds. The average Bonchev–Trinajstić information content (AvgIpc) is 2.95. The Labute approximate surface area is 249 Å². The molecule has 0 radical (unpaired) electrons. The summed E-state index contributed by atoms with van der Waals surface area (Å²) in [4.78, 5) is 30.9. The lowest BCUT2D eigenvalue weighted by atomic mass is 10.0. The van der Waals surface area contributed by atoms with Crippen molar-refractivity contribution in [3.8, 4) is 0 Å². The van der Waals surface area contributed by atoms with Crippen molar-refractivity contribution in [1.29, 1.82) is 0 Å². The number of anilines is 1. The minimum atomic E-state index is -4.53. The predicted octanol–water partition coefficient (Wildman–Crippen LogP) is 2.44. The van der Waals surface area contributed by atoms with E-state index in [9.17, 15) is 22.8 Å². The van der Waals surface area contributed by atoms with Gasteiger partial charge in [-0.3, -0.25) is 14.6 Å². The van der Waals surface area contributed by atoms with Gasteiger partial charge in [0.05, 0.1) is 61.7 Å². The second kappa shape index (κ2) is 14.8. The van der Waals surface area contributed by atoms with E-state index < -0.39 is 40.9 Å². The number of pyridine rings is 1. The molecule has 3 atom stereocenters. The summed E-state index contributed by atoms with van der Waals surface area (Å²) in [6, 6.07) is 11.0. The fraction of sp³-hybridized carbons (Fsp3) is 0.414. The van der Waals surface area contributed by atoms with Gasteiger partial charge in [-0.05, 0) is 37.1 Å². The fourth-order valence-corrected chi connectivity index (χ4v) is 5.08. The van der Waals surface area contributed by atoms with Crippen molar-refractivity contribution in [3.63, 3.8) is 0 Å². The molecule has 228 valence electrons. The number of para-hydroxylation sites is 1. The van der Waals surface area contributed by atoms with Crippen LogP contribution in [0.5, 0.6) is 0 Å². The number of nitrogens with one attached hydrogen (secondary N) is 2. The number of amides is 2. The van der Waals surface area contributed by atoms with Gasteiger partial charge in [0, 0.05) is 18.5 Å². The molecule has 1 heterocycles. The maximum atomic E-state index is 13.5. The highest BCUT2D eigenvalue weighted by molar-refractivity contribution is 7.59. The summed E-state index contributed by atoms with van der Waals surface area (Å²) in [5, 5.41) is 5.06. The lowest BCUT2D eigenvalue weighted by Gasteiger charge is -2.35. The van der Waals surface area contributed by atoms with Crippen LogP contribution in [0.15, 0.2) is 60.8 Å². The number of carbonyl (C=O) groups is 2. The van der Waals surface area contributed by atoms with Gasteiger partial charge in [0.25, 0.3) is 0 Å². The number of halogens is 3. The highest BCUT2D eigenvalue weighted by Gasteiger charge is 2.31. The van der Waals surface area contributed by atoms with E-state index >= 15 is 0 Å². The Balaban J connectivity index is 1.77. The van der Waals surface area contributed by atoms with Gasteiger partial charge in [-0.15, -0.1) is 5.25 Å². The molecule has 13 heteroatoms. The fourth-order valence-electron chi connectivity index (χ4n) is 4.74. The molecule has 9 nitrogen and oxygen atoms in total. The first-order chi connectivity index (χ1) is 19.9. The van der Waals surface area contributed by atoms with Gasteiger partial charge < -0.3 is 44.9 Å². The Morgan fingerprint density at radius 3 is 2.26 bits per heavy atom. The van der Waals surface area contributed by atoms with E-state index in [-0.39, 0.29) is 5.56 Å². The molecule has 0 aliphatic heterocycles. The second-order valence-corrected chi connectivity index (χ2v) is 11.1. The van der Waals surface area contributed by atoms with Crippen LogP contribution in [0.1, 0.15) is 29.2 Å². The van der Waals surface area contributed by atoms with Crippen LogP contribution in [0, 0.1) is 0 Å². The first-order valence-corrected chi connectivity index (χ1v) is 14.1. The molecule has 3 rings (SSSR count). The summed E-state index contributed by atoms with van der Waals surface area (Å²) in [6.45, 7) is 3.17. The molecule has 0 unspecified atom stereocenters. The topological polar surface area (TPSA) is 149 Å². The highest BCUT2D eigenvalue weighted by Crippen LogP contribution is 2.31. The Kier molecular flexibility index (Phi) is 11.7. The zero-order valence-corrected chi connectivity index (χ0v) is 24.3. The Morgan fingerprint density at radius 2 is 1.64 bits per heavy atom. The van der Waals surface area contributed by atoms with Crippen molar-refractivity contribution >= 4 is 41.0 Å². The number of fused-ring (bicyclic) bond motifs is 1.